The number of hydrogen-bond donors (Lipinski definition) is 1. The Morgan fingerprint density at radius 3 is 2.59 bits per heavy atom. The maximum atomic E-state index is 5.72. The van der Waals surface area contributed by atoms with Gasteiger partial charge >= 0.3 is 0 Å². The van der Waals surface area contributed by atoms with Gasteiger partial charge in [0.1, 0.15) is 12.4 Å². The van der Waals surface area contributed by atoms with E-state index < -0.39 is 0 Å². The maximum Gasteiger partial charge on any atom is 0.122 e. The van der Waals surface area contributed by atoms with Crippen LogP contribution in [0, 0.1) is 0 Å². The van der Waals surface area contributed by atoms with E-state index in [1.54, 1.807) is 0 Å². The smallest absolute Gasteiger partial charge is 0.122 e. The van der Waals surface area contributed by atoms with E-state index >= 15 is 0 Å². The molecule has 96 valence electrons. The Kier molecular flexibility index (Phi) is 6.67. The molecule has 2 N–H and O–H groups in total. The van der Waals surface area contributed by atoms with Crippen LogP contribution in [-0.2, 0) is 4.74 Å². The maximum absolute atomic E-state index is 5.72. The molecule has 0 bridgehead atoms. The molecule has 0 heterocycles. The van der Waals surface area contributed by atoms with Crippen LogP contribution in [0.4, 0.5) is 0 Å². The molecule has 1 aromatic carbocycles. The highest BCUT2D eigenvalue weighted by Crippen LogP contribution is 2.25. The first-order valence-electron chi connectivity index (χ1n) is 6.25. The average Bonchev–Trinajstić information content (AvgIpc) is 2.34. The third kappa shape index (κ3) is 5.20. The topological polar surface area (TPSA) is 44.5 Å². The van der Waals surface area contributed by atoms with Crippen LogP contribution in [0.1, 0.15) is 31.7 Å². The van der Waals surface area contributed by atoms with Crippen LogP contribution in [0.15, 0.2) is 24.3 Å². The van der Waals surface area contributed by atoms with Crippen LogP contribution in [0.2, 0.25) is 0 Å². The van der Waals surface area contributed by atoms with E-state index in [1.165, 1.54) is 5.56 Å². The fourth-order valence-electron chi connectivity index (χ4n) is 1.59. The van der Waals surface area contributed by atoms with Crippen molar-refractivity contribution in [1.29, 1.82) is 0 Å². The largest absolute Gasteiger partial charge is 0.491 e. The molecule has 0 atom stereocenters. The first-order chi connectivity index (χ1) is 8.25. The molecule has 0 aliphatic heterocycles. The molecule has 0 aliphatic rings. The number of benzene rings is 1. The second kappa shape index (κ2) is 8.09. The van der Waals surface area contributed by atoms with Gasteiger partial charge in [-0.3, -0.25) is 0 Å². The van der Waals surface area contributed by atoms with E-state index in [4.69, 9.17) is 15.2 Å². The Hall–Kier alpha value is -1.06. The van der Waals surface area contributed by atoms with Crippen LogP contribution in [-0.4, -0.2) is 26.4 Å². The van der Waals surface area contributed by atoms with Gasteiger partial charge in [0.15, 0.2) is 0 Å². The molecule has 17 heavy (non-hydrogen) atoms. The molecular formula is C14H23NO2. The van der Waals surface area contributed by atoms with E-state index in [0.717, 1.165) is 12.2 Å². The lowest BCUT2D eigenvalue weighted by atomic mass is 10.0. The fraction of sp³-hybridized carbons (Fsp3) is 0.571. The van der Waals surface area contributed by atoms with Crippen molar-refractivity contribution >= 4 is 0 Å². The number of ether oxygens (including phenoxy) is 2. The molecule has 0 spiro atoms. The Balaban J connectivity index is 2.31. The van der Waals surface area contributed by atoms with Gasteiger partial charge in [-0.25, -0.2) is 0 Å². The van der Waals surface area contributed by atoms with Gasteiger partial charge in [-0.1, -0.05) is 32.0 Å². The van der Waals surface area contributed by atoms with Gasteiger partial charge in [-0.15, -0.1) is 0 Å². The van der Waals surface area contributed by atoms with Gasteiger partial charge in [0.05, 0.1) is 6.61 Å². The summed E-state index contributed by atoms with van der Waals surface area (Å²) in [7, 11) is 0. The van der Waals surface area contributed by atoms with Crippen molar-refractivity contribution in [2.45, 2.75) is 26.2 Å². The highest BCUT2D eigenvalue weighted by Gasteiger charge is 2.06. The van der Waals surface area contributed by atoms with Crippen molar-refractivity contribution in [2.24, 2.45) is 5.73 Å². The molecule has 3 nitrogen and oxygen atoms in total. The Labute approximate surface area is 104 Å². The van der Waals surface area contributed by atoms with Crippen molar-refractivity contribution in [3.8, 4) is 5.75 Å². The quantitative estimate of drug-likeness (QED) is 0.707. The minimum atomic E-state index is 0.476. The van der Waals surface area contributed by atoms with Crippen molar-refractivity contribution < 1.29 is 9.47 Å². The Morgan fingerprint density at radius 2 is 1.88 bits per heavy atom. The van der Waals surface area contributed by atoms with E-state index in [0.29, 0.717) is 32.3 Å². The number of nitrogens with two attached hydrogens (primary N) is 1. The van der Waals surface area contributed by atoms with Gasteiger partial charge in [-0.05, 0) is 30.5 Å². The van der Waals surface area contributed by atoms with Crippen molar-refractivity contribution in [3.05, 3.63) is 29.8 Å². The highest BCUT2D eigenvalue weighted by molar-refractivity contribution is 5.35. The third-order valence-electron chi connectivity index (χ3n) is 2.52. The lowest BCUT2D eigenvalue weighted by Gasteiger charge is -2.13. The Morgan fingerprint density at radius 1 is 1.12 bits per heavy atom. The average molecular weight is 237 g/mol. The third-order valence-corrected chi connectivity index (χ3v) is 2.52. The Bertz CT molecular complexity index is 313. The molecule has 0 amide bonds. The monoisotopic (exact) mass is 237 g/mol. The van der Waals surface area contributed by atoms with Gasteiger partial charge in [0, 0.05) is 6.61 Å². The van der Waals surface area contributed by atoms with Crippen LogP contribution >= 0.6 is 0 Å². The summed E-state index contributed by atoms with van der Waals surface area (Å²) in [5, 5.41) is 0. The first-order valence-corrected chi connectivity index (χ1v) is 6.25. The van der Waals surface area contributed by atoms with Gasteiger partial charge in [-0.2, -0.15) is 0 Å². The van der Waals surface area contributed by atoms with Crippen molar-refractivity contribution in [2.75, 3.05) is 26.4 Å². The lowest BCUT2D eigenvalue weighted by molar-refractivity contribution is 0.0990. The zero-order valence-corrected chi connectivity index (χ0v) is 10.8. The van der Waals surface area contributed by atoms with Gasteiger partial charge in [0.2, 0.25) is 0 Å². The zero-order chi connectivity index (χ0) is 12.5. The molecule has 0 aromatic heterocycles. The van der Waals surface area contributed by atoms with E-state index in [2.05, 4.69) is 19.9 Å². The molecule has 3 heteroatoms. The van der Waals surface area contributed by atoms with Crippen LogP contribution in [0.25, 0.3) is 0 Å². The minimum absolute atomic E-state index is 0.476. The standard InChI is InChI=1S/C14H23NO2/c1-12(2)13-6-3-4-7-14(13)17-11-10-16-9-5-8-15/h3-4,6-7,12H,5,8-11,15H2,1-2H3. The molecule has 1 aromatic rings. The molecule has 1 rings (SSSR count). The predicted molar refractivity (Wildman–Crippen MR) is 70.5 cm³/mol. The second-order valence-electron chi connectivity index (χ2n) is 4.30. The molecule has 0 saturated heterocycles. The fourth-order valence-corrected chi connectivity index (χ4v) is 1.59. The second-order valence-corrected chi connectivity index (χ2v) is 4.30. The number of hydrogen-bond acceptors (Lipinski definition) is 3. The van der Waals surface area contributed by atoms with E-state index in [9.17, 15) is 0 Å². The normalized spacial score (nSPS) is 10.8. The summed E-state index contributed by atoms with van der Waals surface area (Å²) in [4.78, 5) is 0. The lowest BCUT2D eigenvalue weighted by Crippen LogP contribution is -2.11. The van der Waals surface area contributed by atoms with Gasteiger partial charge in [0.25, 0.3) is 0 Å². The minimum Gasteiger partial charge on any atom is -0.491 e. The van der Waals surface area contributed by atoms with Crippen LogP contribution in [0.5, 0.6) is 5.75 Å². The van der Waals surface area contributed by atoms with Gasteiger partial charge < -0.3 is 15.2 Å². The summed E-state index contributed by atoms with van der Waals surface area (Å²) < 4.78 is 11.1. The first kappa shape index (κ1) is 14.0. The molecule has 0 aliphatic carbocycles. The molecule has 0 fully saturated rings. The number of rotatable bonds is 8. The van der Waals surface area contributed by atoms with Crippen molar-refractivity contribution in [3.63, 3.8) is 0 Å². The van der Waals surface area contributed by atoms with Crippen LogP contribution in [0.3, 0.4) is 0 Å². The number of para-hydroxylation sites is 1. The molecular weight excluding hydrogens is 214 g/mol. The summed E-state index contributed by atoms with van der Waals surface area (Å²) in [6.07, 6.45) is 0.905. The highest BCUT2D eigenvalue weighted by atomic mass is 16.5. The van der Waals surface area contributed by atoms with Crippen molar-refractivity contribution in [1.82, 2.24) is 0 Å². The van der Waals surface area contributed by atoms with Crippen LogP contribution < -0.4 is 10.5 Å². The van der Waals surface area contributed by atoms with E-state index in [1.807, 2.05) is 18.2 Å². The summed E-state index contributed by atoms with van der Waals surface area (Å²) in [6.45, 7) is 6.93. The summed E-state index contributed by atoms with van der Waals surface area (Å²) in [5.41, 5.74) is 6.62. The zero-order valence-electron chi connectivity index (χ0n) is 10.8. The van der Waals surface area contributed by atoms with E-state index in [-0.39, 0.29) is 0 Å². The summed E-state index contributed by atoms with van der Waals surface area (Å²) in [5.74, 6) is 1.44. The molecule has 0 unspecified atom stereocenters. The molecule has 0 radical (unpaired) electrons. The molecule has 0 saturated carbocycles. The predicted octanol–water partition coefficient (Wildman–Crippen LogP) is 2.55. The summed E-state index contributed by atoms with van der Waals surface area (Å²) in [6, 6.07) is 8.15. The SMILES string of the molecule is CC(C)c1ccccc1OCCOCCCN. The summed E-state index contributed by atoms with van der Waals surface area (Å²) >= 11 is 0.